The molecule has 2 aromatic rings. The lowest BCUT2D eigenvalue weighted by molar-refractivity contribution is -0.121. The third-order valence-electron chi connectivity index (χ3n) is 5.31. The Bertz CT molecular complexity index is 914. The molecule has 1 fully saturated rings. The van der Waals surface area contributed by atoms with E-state index >= 15 is 0 Å². The summed E-state index contributed by atoms with van der Waals surface area (Å²) in [5.74, 6) is -0.885. The molecule has 2 unspecified atom stereocenters. The molecule has 1 aromatic carbocycles. The number of rotatable bonds is 9. The SMILES string of the molecule is CC(Nc1cnc(C(N)=O)c(Nc2ccc(CN3CCOCC3)cc2)n1)C(C)C(N)=O. The fraction of sp³-hybridized carbons (Fsp3) is 0.429. The van der Waals surface area contributed by atoms with Gasteiger partial charge in [-0.2, -0.15) is 0 Å². The number of morpholine rings is 1. The van der Waals surface area contributed by atoms with E-state index in [1.807, 2.05) is 31.2 Å². The van der Waals surface area contributed by atoms with Crippen LogP contribution in [0.15, 0.2) is 30.5 Å². The second kappa shape index (κ2) is 10.2. The van der Waals surface area contributed by atoms with Crippen LogP contribution in [-0.4, -0.2) is 59.0 Å². The standard InChI is InChI=1S/C21H29N7O3/c1-13(19(22)29)14(2)25-17-11-24-18(20(23)30)21(27-17)26-16-5-3-15(4-6-16)12-28-7-9-31-10-8-28/h3-6,11,13-14H,7-10,12H2,1-2H3,(H2,22,29)(H2,23,30)(H2,25,26,27). The van der Waals surface area contributed by atoms with Crippen LogP contribution in [0.5, 0.6) is 0 Å². The van der Waals surface area contributed by atoms with Gasteiger partial charge in [0.05, 0.1) is 25.3 Å². The maximum atomic E-state index is 11.8. The van der Waals surface area contributed by atoms with E-state index in [1.165, 1.54) is 11.8 Å². The number of carbonyl (C=O) groups is 2. The molecule has 1 aromatic heterocycles. The monoisotopic (exact) mass is 427 g/mol. The summed E-state index contributed by atoms with van der Waals surface area (Å²) in [4.78, 5) is 34.1. The minimum atomic E-state index is -0.691. The molecule has 10 nitrogen and oxygen atoms in total. The van der Waals surface area contributed by atoms with Crippen molar-refractivity contribution in [1.29, 1.82) is 0 Å². The summed E-state index contributed by atoms with van der Waals surface area (Å²) in [5.41, 5.74) is 12.8. The number of nitrogens with two attached hydrogens (primary N) is 2. The molecule has 2 heterocycles. The maximum absolute atomic E-state index is 11.8. The molecule has 0 saturated carbocycles. The first kappa shape index (κ1) is 22.4. The molecule has 31 heavy (non-hydrogen) atoms. The smallest absolute Gasteiger partial charge is 0.271 e. The molecule has 3 rings (SSSR count). The van der Waals surface area contributed by atoms with E-state index in [0.717, 1.165) is 38.5 Å². The van der Waals surface area contributed by atoms with Crippen molar-refractivity contribution in [2.24, 2.45) is 17.4 Å². The molecular weight excluding hydrogens is 398 g/mol. The summed E-state index contributed by atoms with van der Waals surface area (Å²) in [6, 6.07) is 7.61. The summed E-state index contributed by atoms with van der Waals surface area (Å²) < 4.78 is 5.38. The first-order chi connectivity index (χ1) is 14.8. The zero-order valence-corrected chi connectivity index (χ0v) is 17.8. The molecule has 2 atom stereocenters. The Balaban J connectivity index is 1.72. The van der Waals surface area contributed by atoms with E-state index in [4.69, 9.17) is 16.2 Å². The second-order valence-corrected chi connectivity index (χ2v) is 7.65. The van der Waals surface area contributed by atoms with Crippen molar-refractivity contribution in [2.45, 2.75) is 26.4 Å². The van der Waals surface area contributed by atoms with Crippen molar-refractivity contribution >= 4 is 29.1 Å². The Labute approximate surface area is 181 Å². The number of aromatic nitrogens is 2. The molecule has 1 aliphatic rings. The third kappa shape index (κ3) is 6.12. The number of benzene rings is 1. The quantitative estimate of drug-likeness (QED) is 0.464. The Morgan fingerprint density at radius 3 is 2.45 bits per heavy atom. The lowest BCUT2D eigenvalue weighted by atomic mass is 10.0. The van der Waals surface area contributed by atoms with Crippen LogP contribution in [0.2, 0.25) is 0 Å². The fourth-order valence-electron chi connectivity index (χ4n) is 3.18. The van der Waals surface area contributed by atoms with Gasteiger partial charge in [0, 0.05) is 31.4 Å². The van der Waals surface area contributed by atoms with Crippen LogP contribution in [0.25, 0.3) is 0 Å². The largest absolute Gasteiger partial charge is 0.379 e. The van der Waals surface area contributed by atoms with Gasteiger partial charge >= 0.3 is 0 Å². The second-order valence-electron chi connectivity index (χ2n) is 7.65. The maximum Gasteiger partial charge on any atom is 0.271 e. The Morgan fingerprint density at radius 2 is 1.84 bits per heavy atom. The number of nitrogens with zero attached hydrogens (tertiary/aromatic N) is 3. The summed E-state index contributed by atoms with van der Waals surface area (Å²) in [7, 11) is 0. The van der Waals surface area contributed by atoms with Crippen LogP contribution >= 0.6 is 0 Å². The van der Waals surface area contributed by atoms with Crippen LogP contribution in [-0.2, 0) is 16.1 Å². The van der Waals surface area contributed by atoms with Crippen LogP contribution in [0.1, 0.15) is 29.9 Å². The van der Waals surface area contributed by atoms with Crippen LogP contribution in [0.4, 0.5) is 17.3 Å². The Hall–Kier alpha value is -3.24. The highest BCUT2D eigenvalue weighted by atomic mass is 16.5. The average molecular weight is 428 g/mol. The van der Waals surface area contributed by atoms with Crippen LogP contribution in [0.3, 0.4) is 0 Å². The predicted octanol–water partition coefficient (Wildman–Crippen LogP) is 1.07. The van der Waals surface area contributed by atoms with Gasteiger partial charge in [0.25, 0.3) is 5.91 Å². The van der Waals surface area contributed by atoms with Gasteiger partial charge in [-0.1, -0.05) is 19.1 Å². The summed E-state index contributed by atoms with van der Waals surface area (Å²) >= 11 is 0. The molecule has 1 saturated heterocycles. The number of hydrogen-bond acceptors (Lipinski definition) is 8. The van der Waals surface area contributed by atoms with Gasteiger partial charge < -0.3 is 26.8 Å². The van der Waals surface area contributed by atoms with Gasteiger partial charge in [-0.15, -0.1) is 0 Å². The van der Waals surface area contributed by atoms with Crippen LogP contribution in [0, 0.1) is 5.92 Å². The Kier molecular flexibility index (Phi) is 7.37. The molecule has 0 spiro atoms. The topological polar surface area (TPSA) is 148 Å². The van der Waals surface area contributed by atoms with E-state index in [1.54, 1.807) is 6.92 Å². The number of nitrogens with one attached hydrogen (secondary N) is 2. The molecule has 0 aliphatic carbocycles. The normalized spacial score (nSPS) is 16.3. The average Bonchev–Trinajstić information content (AvgIpc) is 2.75. The molecular formula is C21H29N7O3. The summed E-state index contributed by atoms with van der Waals surface area (Å²) in [6.07, 6.45) is 1.40. The van der Waals surface area contributed by atoms with Gasteiger partial charge in [-0.05, 0) is 24.6 Å². The van der Waals surface area contributed by atoms with Crippen LogP contribution < -0.4 is 22.1 Å². The van der Waals surface area contributed by atoms with Crippen molar-refractivity contribution in [3.8, 4) is 0 Å². The van der Waals surface area contributed by atoms with E-state index in [2.05, 4.69) is 25.5 Å². The first-order valence-corrected chi connectivity index (χ1v) is 10.2. The number of anilines is 3. The van der Waals surface area contributed by atoms with Gasteiger partial charge in [-0.25, -0.2) is 9.97 Å². The predicted molar refractivity (Wildman–Crippen MR) is 118 cm³/mol. The van der Waals surface area contributed by atoms with Crippen molar-refractivity contribution in [3.05, 3.63) is 41.7 Å². The molecule has 2 amide bonds. The minimum absolute atomic E-state index is 0.0264. The van der Waals surface area contributed by atoms with E-state index in [9.17, 15) is 9.59 Å². The van der Waals surface area contributed by atoms with E-state index in [-0.39, 0.29) is 17.6 Å². The number of hydrogen-bond donors (Lipinski definition) is 4. The molecule has 10 heteroatoms. The number of carbonyl (C=O) groups excluding carboxylic acids is 2. The number of primary amides is 2. The Morgan fingerprint density at radius 1 is 1.16 bits per heavy atom. The van der Waals surface area contributed by atoms with Crippen molar-refractivity contribution in [3.63, 3.8) is 0 Å². The lowest BCUT2D eigenvalue weighted by Crippen LogP contribution is -2.35. The van der Waals surface area contributed by atoms with Gasteiger partial charge in [0.2, 0.25) is 5.91 Å². The first-order valence-electron chi connectivity index (χ1n) is 10.2. The highest BCUT2D eigenvalue weighted by Gasteiger charge is 2.19. The zero-order chi connectivity index (χ0) is 22.4. The highest BCUT2D eigenvalue weighted by molar-refractivity contribution is 5.96. The van der Waals surface area contributed by atoms with E-state index in [0.29, 0.717) is 5.82 Å². The molecule has 1 aliphatic heterocycles. The van der Waals surface area contributed by atoms with Gasteiger partial charge in [-0.3, -0.25) is 14.5 Å². The molecule has 0 bridgehead atoms. The van der Waals surface area contributed by atoms with Crippen molar-refractivity contribution in [1.82, 2.24) is 14.9 Å². The van der Waals surface area contributed by atoms with Gasteiger partial charge in [0.15, 0.2) is 11.5 Å². The summed E-state index contributed by atoms with van der Waals surface area (Å²) in [6.45, 7) is 7.76. The highest BCUT2D eigenvalue weighted by Crippen LogP contribution is 2.21. The van der Waals surface area contributed by atoms with E-state index < -0.39 is 17.7 Å². The number of ether oxygens (including phenoxy) is 1. The molecule has 6 N–H and O–H groups in total. The van der Waals surface area contributed by atoms with Crippen molar-refractivity contribution in [2.75, 3.05) is 36.9 Å². The molecule has 0 radical (unpaired) electrons. The van der Waals surface area contributed by atoms with Crippen molar-refractivity contribution < 1.29 is 14.3 Å². The summed E-state index contributed by atoms with van der Waals surface area (Å²) in [5, 5.41) is 6.20. The van der Waals surface area contributed by atoms with Gasteiger partial charge in [0.1, 0.15) is 5.82 Å². The zero-order valence-electron chi connectivity index (χ0n) is 17.8. The minimum Gasteiger partial charge on any atom is -0.379 e. The fourth-order valence-corrected chi connectivity index (χ4v) is 3.18. The number of amides is 2. The lowest BCUT2D eigenvalue weighted by Gasteiger charge is -2.26. The molecule has 166 valence electrons. The third-order valence-corrected chi connectivity index (χ3v) is 5.31.